The lowest BCUT2D eigenvalue weighted by Crippen LogP contribution is -2.10. The second kappa shape index (κ2) is 7.14. The van der Waals surface area contributed by atoms with E-state index >= 15 is 0 Å². The van der Waals surface area contributed by atoms with E-state index in [4.69, 9.17) is 5.73 Å². The Morgan fingerprint density at radius 1 is 1.56 bits per heavy atom. The van der Waals surface area contributed by atoms with Crippen molar-refractivity contribution >= 4 is 34.0 Å². The Morgan fingerprint density at radius 2 is 2.31 bits per heavy atom. The average Bonchev–Trinajstić information content (AvgIpc) is 2.29. The molecule has 0 heterocycles. The molecule has 0 aliphatic heterocycles. The van der Waals surface area contributed by atoms with Gasteiger partial charge in [0.2, 0.25) is 0 Å². The van der Waals surface area contributed by atoms with Crippen LogP contribution in [-0.2, 0) is 0 Å². The Balaban J connectivity index is 2.64. The summed E-state index contributed by atoms with van der Waals surface area (Å²) in [4.78, 5) is 10.2. The predicted octanol–water partition coefficient (Wildman–Crippen LogP) is 3.40. The van der Waals surface area contributed by atoms with Crippen LogP contribution >= 0.6 is 28.3 Å². The maximum absolute atomic E-state index is 10.6. The van der Waals surface area contributed by atoms with Gasteiger partial charge in [-0.2, -0.15) is 0 Å². The molecule has 0 aliphatic carbocycles. The molecule has 0 saturated heterocycles. The standard InChI is InChI=1S/C10H14IN2O2P/c11-16-6-2-5-10(12)8-3-1-4-9(7-8)13(14)15/h1,3-4,7,10,16H,2,5-6,12H2. The summed E-state index contributed by atoms with van der Waals surface area (Å²) >= 11 is 2.36. The Morgan fingerprint density at radius 3 is 2.94 bits per heavy atom. The van der Waals surface area contributed by atoms with Crippen LogP contribution in [0, 0.1) is 10.1 Å². The molecular formula is C10H14IN2O2P. The zero-order valence-corrected chi connectivity index (χ0v) is 11.9. The highest BCUT2D eigenvalue weighted by atomic mass is 127. The van der Waals surface area contributed by atoms with E-state index in [0.717, 1.165) is 24.6 Å². The summed E-state index contributed by atoms with van der Waals surface area (Å²) in [5.41, 5.74) is 6.95. The second-order valence-corrected chi connectivity index (χ2v) is 6.54. The maximum Gasteiger partial charge on any atom is 0.269 e. The van der Waals surface area contributed by atoms with Crippen molar-refractivity contribution in [3.05, 3.63) is 39.9 Å². The molecule has 0 saturated carbocycles. The van der Waals surface area contributed by atoms with Gasteiger partial charge in [-0.15, -0.1) is 0 Å². The van der Waals surface area contributed by atoms with Crippen molar-refractivity contribution in [3.8, 4) is 0 Å². The Bertz CT molecular complexity index is 362. The molecule has 0 bridgehead atoms. The molecule has 6 heteroatoms. The molecule has 0 radical (unpaired) electrons. The molecule has 1 aromatic rings. The Kier molecular flexibility index (Phi) is 6.16. The van der Waals surface area contributed by atoms with Crippen molar-refractivity contribution in [2.75, 3.05) is 6.16 Å². The van der Waals surface area contributed by atoms with Gasteiger partial charge in [-0.25, -0.2) is 0 Å². The molecule has 0 aromatic heterocycles. The number of rotatable bonds is 6. The minimum absolute atomic E-state index is 0.0901. The van der Waals surface area contributed by atoms with Crippen LogP contribution in [0.2, 0.25) is 0 Å². The third kappa shape index (κ3) is 4.31. The number of non-ortho nitro benzene ring substituents is 1. The lowest BCUT2D eigenvalue weighted by atomic mass is 10.0. The van der Waals surface area contributed by atoms with Gasteiger partial charge in [-0.05, 0) is 24.6 Å². The molecule has 0 fully saturated rings. The van der Waals surface area contributed by atoms with Gasteiger partial charge < -0.3 is 5.73 Å². The Labute approximate surface area is 109 Å². The van der Waals surface area contributed by atoms with E-state index < -0.39 is 0 Å². The van der Waals surface area contributed by atoms with Gasteiger partial charge in [-0.3, -0.25) is 10.1 Å². The lowest BCUT2D eigenvalue weighted by molar-refractivity contribution is -0.384. The van der Waals surface area contributed by atoms with Gasteiger partial charge in [0.05, 0.1) is 4.92 Å². The van der Waals surface area contributed by atoms with Crippen molar-refractivity contribution in [1.82, 2.24) is 0 Å². The van der Waals surface area contributed by atoms with Gasteiger partial charge in [0, 0.05) is 18.2 Å². The summed E-state index contributed by atoms with van der Waals surface area (Å²) in [7, 11) is 0. The SMILES string of the molecule is NC(CCCPI)c1cccc([N+](=O)[O-])c1. The summed E-state index contributed by atoms with van der Waals surface area (Å²) in [5.74, 6) is 0. The summed E-state index contributed by atoms with van der Waals surface area (Å²) < 4.78 is 0. The number of nitrogens with zero attached hydrogens (tertiary/aromatic N) is 1. The molecule has 1 aromatic carbocycles. The second-order valence-electron chi connectivity index (χ2n) is 3.48. The van der Waals surface area contributed by atoms with E-state index in [1.165, 1.54) is 12.2 Å². The molecule has 2 atom stereocenters. The van der Waals surface area contributed by atoms with E-state index in [0.29, 0.717) is 0 Å². The van der Waals surface area contributed by atoms with Crippen LogP contribution in [0.4, 0.5) is 5.69 Å². The summed E-state index contributed by atoms with van der Waals surface area (Å²) in [5, 5.41) is 10.6. The first-order chi connectivity index (χ1) is 7.65. The fourth-order valence-electron chi connectivity index (χ4n) is 1.42. The van der Waals surface area contributed by atoms with Crippen LogP contribution < -0.4 is 5.73 Å². The van der Waals surface area contributed by atoms with E-state index in [-0.39, 0.29) is 16.7 Å². The monoisotopic (exact) mass is 352 g/mol. The first-order valence-corrected chi connectivity index (χ1v) is 9.30. The fourth-order valence-corrected chi connectivity index (χ4v) is 2.91. The first-order valence-electron chi connectivity index (χ1n) is 4.98. The highest BCUT2D eigenvalue weighted by Gasteiger charge is 2.10. The lowest BCUT2D eigenvalue weighted by Gasteiger charge is -2.10. The quantitative estimate of drug-likeness (QED) is 0.281. The predicted molar refractivity (Wildman–Crippen MR) is 76.5 cm³/mol. The number of halogens is 1. The zero-order chi connectivity index (χ0) is 12.0. The van der Waals surface area contributed by atoms with Crippen LogP contribution in [0.5, 0.6) is 0 Å². The molecule has 2 unspecified atom stereocenters. The zero-order valence-electron chi connectivity index (χ0n) is 8.73. The molecule has 0 amide bonds. The molecule has 4 nitrogen and oxygen atoms in total. The summed E-state index contributed by atoms with van der Waals surface area (Å²) in [6, 6.07) is 6.50. The number of hydrogen-bond donors (Lipinski definition) is 1. The number of hydrogen-bond acceptors (Lipinski definition) is 3. The summed E-state index contributed by atoms with van der Waals surface area (Å²) in [6.45, 7) is 0. The fraction of sp³-hybridized carbons (Fsp3) is 0.400. The van der Waals surface area contributed by atoms with E-state index in [1.807, 2.05) is 6.07 Å². The van der Waals surface area contributed by atoms with Crippen LogP contribution in [0.15, 0.2) is 24.3 Å². The largest absolute Gasteiger partial charge is 0.324 e. The molecule has 88 valence electrons. The van der Waals surface area contributed by atoms with Crippen molar-refractivity contribution in [3.63, 3.8) is 0 Å². The van der Waals surface area contributed by atoms with Crippen LogP contribution in [0.1, 0.15) is 24.4 Å². The van der Waals surface area contributed by atoms with Crippen molar-refractivity contribution < 1.29 is 4.92 Å². The smallest absolute Gasteiger partial charge is 0.269 e. The number of nitro groups is 1. The average molecular weight is 352 g/mol. The minimum Gasteiger partial charge on any atom is -0.324 e. The molecule has 16 heavy (non-hydrogen) atoms. The molecule has 2 N–H and O–H groups in total. The maximum atomic E-state index is 10.6. The third-order valence-corrected chi connectivity index (χ3v) is 4.46. The number of nitrogens with two attached hydrogens (primary N) is 1. The van der Waals surface area contributed by atoms with Crippen LogP contribution in [0.3, 0.4) is 0 Å². The van der Waals surface area contributed by atoms with E-state index in [2.05, 4.69) is 22.0 Å². The normalized spacial score (nSPS) is 13.1. The molecule has 0 aliphatic rings. The summed E-state index contributed by atoms with van der Waals surface area (Å²) in [6.07, 6.45) is 4.05. The van der Waals surface area contributed by atoms with Gasteiger partial charge in [0.1, 0.15) is 0 Å². The highest BCUT2D eigenvalue weighted by Crippen LogP contribution is 2.25. The Hall–Kier alpha value is -0.260. The number of benzene rings is 1. The van der Waals surface area contributed by atoms with E-state index in [9.17, 15) is 10.1 Å². The molecular weight excluding hydrogens is 338 g/mol. The van der Waals surface area contributed by atoms with Crippen molar-refractivity contribution in [2.24, 2.45) is 5.73 Å². The number of nitro benzene ring substituents is 1. The minimum atomic E-state index is -0.386. The third-order valence-electron chi connectivity index (χ3n) is 2.30. The van der Waals surface area contributed by atoms with Gasteiger partial charge >= 0.3 is 0 Å². The van der Waals surface area contributed by atoms with Gasteiger partial charge in [-0.1, -0.05) is 40.4 Å². The van der Waals surface area contributed by atoms with Gasteiger partial charge in [0.25, 0.3) is 5.69 Å². The van der Waals surface area contributed by atoms with Gasteiger partial charge in [0.15, 0.2) is 0 Å². The highest BCUT2D eigenvalue weighted by molar-refractivity contribution is 14.2. The first kappa shape index (κ1) is 13.8. The topological polar surface area (TPSA) is 69.2 Å². The van der Waals surface area contributed by atoms with Crippen LogP contribution in [-0.4, -0.2) is 11.1 Å². The molecule has 0 spiro atoms. The van der Waals surface area contributed by atoms with Crippen molar-refractivity contribution in [2.45, 2.75) is 18.9 Å². The molecule has 1 rings (SSSR count). The van der Waals surface area contributed by atoms with Crippen LogP contribution in [0.25, 0.3) is 0 Å². The van der Waals surface area contributed by atoms with Crippen molar-refractivity contribution in [1.29, 1.82) is 0 Å². The van der Waals surface area contributed by atoms with E-state index in [1.54, 1.807) is 12.1 Å².